The average Bonchev–Trinajstić information content (AvgIpc) is 2.57. The number of aromatic nitrogens is 1. The van der Waals surface area contributed by atoms with Gasteiger partial charge in [-0.1, -0.05) is 6.92 Å². The summed E-state index contributed by atoms with van der Waals surface area (Å²) in [4.78, 5) is 17.2. The van der Waals surface area contributed by atoms with Crippen LogP contribution in [0.25, 0.3) is 10.9 Å². The Morgan fingerprint density at radius 3 is 2.88 bits per heavy atom. The molecule has 2 heterocycles. The molecule has 1 aromatic heterocycles. The molecule has 8 heteroatoms. The number of rotatable bonds is 5. The minimum Gasteiger partial charge on any atom is -0.480 e. The first-order valence-corrected chi connectivity index (χ1v) is 9.48. The Labute approximate surface area is 163 Å². The third-order valence-electron chi connectivity index (χ3n) is 4.59. The van der Waals surface area contributed by atoms with Crippen molar-refractivity contribution in [3.63, 3.8) is 0 Å². The van der Waals surface area contributed by atoms with E-state index in [4.69, 9.17) is 5.11 Å². The molecule has 1 aliphatic heterocycles. The minimum absolute atomic E-state index is 0.0345. The Hall–Kier alpha value is -1.55. The highest BCUT2D eigenvalue weighted by molar-refractivity contribution is 14.1. The summed E-state index contributed by atoms with van der Waals surface area (Å²) in [6, 6.07) is 6.75. The number of nitrogens with one attached hydrogen (secondary N) is 1. The smallest absolute Gasteiger partial charge is 0.323 e. The van der Waals surface area contributed by atoms with Crippen molar-refractivity contribution in [1.29, 1.82) is 0 Å². The third kappa shape index (κ3) is 4.22. The van der Waals surface area contributed by atoms with Crippen LogP contribution in [0.15, 0.2) is 30.5 Å². The molecule has 0 amide bonds. The van der Waals surface area contributed by atoms with Crippen molar-refractivity contribution in [2.75, 3.05) is 24.5 Å². The standard InChI is InChI=1S/C18H20F2IN3O2/c1-11-7-12(23-8-16(25)26)10-24(9-11)15-5-4-14(18(19,20)21)17-13(15)3-2-6-22-17/h2-6,11-12,23H,7-10H2,1H3,(H,25,26)/t11-,12+/m0/s1. The predicted molar refractivity (Wildman–Crippen MR) is 105 cm³/mol. The Balaban J connectivity index is 1.96. The predicted octanol–water partition coefficient (Wildman–Crippen LogP) is 3.61. The van der Waals surface area contributed by atoms with Gasteiger partial charge in [0, 0.05) is 59.0 Å². The van der Waals surface area contributed by atoms with Crippen molar-refractivity contribution in [2.24, 2.45) is 5.92 Å². The molecule has 0 unspecified atom stereocenters. The van der Waals surface area contributed by atoms with Gasteiger partial charge in [-0.2, -0.15) is 8.78 Å². The van der Waals surface area contributed by atoms with Gasteiger partial charge in [0.1, 0.15) is 0 Å². The Kier molecular flexibility index (Phi) is 5.61. The van der Waals surface area contributed by atoms with Gasteiger partial charge in [0.15, 0.2) is 0 Å². The molecular weight excluding hydrogens is 455 g/mol. The Bertz CT molecular complexity index is 813. The molecule has 0 spiro atoms. The quantitative estimate of drug-likeness (QED) is 0.511. The normalized spacial score (nSPS) is 21.2. The second kappa shape index (κ2) is 7.59. The van der Waals surface area contributed by atoms with E-state index in [0.29, 0.717) is 23.4 Å². The SMILES string of the molecule is C[C@H]1C[C@@H](NCC(=O)O)CN(c2ccc(C(F)(F)I)c3ncccc23)C1. The third-order valence-corrected chi connectivity index (χ3v) is 5.18. The molecule has 2 N–H and O–H groups in total. The lowest BCUT2D eigenvalue weighted by Crippen LogP contribution is -2.50. The monoisotopic (exact) mass is 475 g/mol. The first kappa shape index (κ1) is 19.2. The molecule has 1 aliphatic rings. The summed E-state index contributed by atoms with van der Waals surface area (Å²) in [6.45, 7) is 3.43. The van der Waals surface area contributed by atoms with Gasteiger partial charge in [-0.05, 0) is 36.6 Å². The maximum atomic E-state index is 13.9. The molecule has 0 bridgehead atoms. The van der Waals surface area contributed by atoms with Crippen LogP contribution >= 0.6 is 22.6 Å². The summed E-state index contributed by atoms with van der Waals surface area (Å²) in [7, 11) is 0. The molecule has 26 heavy (non-hydrogen) atoms. The number of carboxylic acid groups (broad SMARTS) is 1. The van der Waals surface area contributed by atoms with Gasteiger partial charge in [-0.3, -0.25) is 9.78 Å². The number of benzene rings is 1. The topological polar surface area (TPSA) is 65.5 Å². The number of nitrogens with zero attached hydrogens (tertiary/aromatic N) is 2. The highest BCUT2D eigenvalue weighted by Gasteiger charge is 2.32. The maximum absolute atomic E-state index is 13.9. The maximum Gasteiger partial charge on any atom is 0.323 e. The lowest BCUT2D eigenvalue weighted by atomic mass is 9.94. The Morgan fingerprint density at radius 1 is 1.42 bits per heavy atom. The van der Waals surface area contributed by atoms with Crippen molar-refractivity contribution < 1.29 is 18.7 Å². The summed E-state index contributed by atoms with van der Waals surface area (Å²) in [6.07, 6.45) is 2.40. The van der Waals surface area contributed by atoms with Crippen LogP contribution < -0.4 is 10.2 Å². The second-order valence-electron chi connectivity index (χ2n) is 6.75. The summed E-state index contributed by atoms with van der Waals surface area (Å²) in [5.74, 6) is -0.537. The molecule has 1 saturated heterocycles. The highest BCUT2D eigenvalue weighted by Crippen LogP contribution is 2.41. The molecule has 140 valence electrons. The lowest BCUT2D eigenvalue weighted by molar-refractivity contribution is -0.136. The number of hydrogen-bond acceptors (Lipinski definition) is 4. The number of aliphatic carboxylic acids is 1. The number of anilines is 1. The van der Waals surface area contributed by atoms with Crippen LogP contribution in [-0.2, 0) is 8.72 Å². The van der Waals surface area contributed by atoms with E-state index >= 15 is 0 Å². The Morgan fingerprint density at radius 2 is 2.19 bits per heavy atom. The molecule has 0 radical (unpaired) electrons. The minimum atomic E-state index is -3.00. The van der Waals surface area contributed by atoms with Gasteiger partial charge in [0.25, 0.3) is 0 Å². The fourth-order valence-electron chi connectivity index (χ4n) is 3.59. The van der Waals surface area contributed by atoms with Crippen molar-refractivity contribution in [1.82, 2.24) is 10.3 Å². The molecule has 1 fully saturated rings. The number of pyridine rings is 1. The number of alkyl halides is 3. The fraction of sp³-hybridized carbons (Fsp3) is 0.444. The van der Waals surface area contributed by atoms with Crippen LogP contribution in [0.3, 0.4) is 0 Å². The molecule has 2 aromatic rings. The van der Waals surface area contributed by atoms with Gasteiger partial charge in [-0.15, -0.1) is 0 Å². The van der Waals surface area contributed by atoms with E-state index in [1.807, 2.05) is 6.07 Å². The zero-order chi connectivity index (χ0) is 18.9. The zero-order valence-electron chi connectivity index (χ0n) is 14.3. The first-order chi connectivity index (χ1) is 12.3. The van der Waals surface area contributed by atoms with Crippen LogP contribution in [-0.4, -0.2) is 41.7 Å². The van der Waals surface area contributed by atoms with Crippen molar-refractivity contribution in [3.05, 3.63) is 36.0 Å². The van der Waals surface area contributed by atoms with Crippen LogP contribution in [0, 0.1) is 5.92 Å². The first-order valence-electron chi connectivity index (χ1n) is 8.40. The van der Waals surface area contributed by atoms with E-state index in [0.717, 1.165) is 41.2 Å². The van der Waals surface area contributed by atoms with Gasteiger partial charge in [0.2, 0.25) is 0 Å². The van der Waals surface area contributed by atoms with Crippen LogP contribution in [0.5, 0.6) is 0 Å². The number of hydrogen-bond donors (Lipinski definition) is 2. The van der Waals surface area contributed by atoms with E-state index in [1.165, 1.54) is 12.3 Å². The summed E-state index contributed by atoms with van der Waals surface area (Å²) >= 11 is 1.13. The van der Waals surface area contributed by atoms with Crippen LogP contribution in [0.1, 0.15) is 18.9 Å². The van der Waals surface area contributed by atoms with E-state index in [1.54, 1.807) is 12.1 Å². The lowest BCUT2D eigenvalue weighted by Gasteiger charge is -2.39. The molecule has 0 aliphatic carbocycles. The van der Waals surface area contributed by atoms with E-state index in [9.17, 15) is 13.6 Å². The molecule has 2 atom stereocenters. The van der Waals surface area contributed by atoms with Gasteiger partial charge < -0.3 is 15.3 Å². The number of halogens is 3. The van der Waals surface area contributed by atoms with Gasteiger partial charge >= 0.3 is 9.90 Å². The van der Waals surface area contributed by atoms with Crippen LogP contribution in [0.4, 0.5) is 14.5 Å². The van der Waals surface area contributed by atoms with E-state index in [-0.39, 0.29) is 18.2 Å². The number of piperidine rings is 1. The second-order valence-corrected chi connectivity index (χ2v) is 8.10. The van der Waals surface area contributed by atoms with Crippen molar-refractivity contribution >= 4 is 45.2 Å². The molecule has 1 aromatic carbocycles. The molecular formula is C18H20F2IN3O2. The van der Waals surface area contributed by atoms with Crippen LogP contribution in [0.2, 0.25) is 0 Å². The van der Waals surface area contributed by atoms with E-state index in [2.05, 4.69) is 22.1 Å². The summed E-state index contributed by atoms with van der Waals surface area (Å²) in [5, 5.41) is 12.6. The molecule has 0 saturated carbocycles. The zero-order valence-corrected chi connectivity index (χ0v) is 16.4. The molecule has 5 nitrogen and oxygen atoms in total. The van der Waals surface area contributed by atoms with Crippen molar-refractivity contribution in [3.8, 4) is 0 Å². The number of carboxylic acids is 1. The fourth-order valence-corrected chi connectivity index (χ4v) is 4.03. The van der Waals surface area contributed by atoms with Crippen molar-refractivity contribution in [2.45, 2.75) is 23.3 Å². The largest absolute Gasteiger partial charge is 0.480 e. The molecule has 3 rings (SSSR count). The number of fused-ring (bicyclic) bond motifs is 1. The average molecular weight is 475 g/mol. The highest BCUT2D eigenvalue weighted by atomic mass is 127. The van der Waals surface area contributed by atoms with E-state index < -0.39 is 9.90 Å². The number of carbonyl (C=O) groups is 1. The van der Waals surface area contributed by atoms with Gasteiger partial charge in [-0.25, -0.2) is 0 Å². The van der Waals surface area contributed by atoms with Gasteiger partial charge in [0.05, 0.1) is 17.6 Å². The summed E-state index contributed by atoms with van der Waals surface area (Å²) in [5.41, 5.74) is 1.06. The summed E-state index contributed by atoms with van der Waals surface area (Å²) < 4.78 is 24.9.